The minimum Gasteiger partial charge on any atom is -0.449 e. The van der Waals surface area contributed by atoms with Gasteiger partial charge in [-0.05, 0) is 26.0 Å². The first-order valence-corrected chi connectivity index (χ1v) is 9.67. The van der Waals surface area contributed by atoms with E-state index in [1.807, 2.05) is 6.07 Å². The maximum absolute atomic E-state index is 12.6. The zero-order valence-electron chi connectivity index (χ0n) is 15.4. The number of rotatable bonds is 6. The van der Waals surface area contributed by atoms with Crippen LogP contribution in [0.5, 0.6) is 0 Å². The molecule has 1 fully saturated rings. The molecule has 28 heavy (non-hydrogen) atoms. The summed E-state index contributed by atoms with van der Waals surface area (Å²) >= 11 is 0.937. The number of thioether (sulfide) groups is 1. The number of pyridine rings is 1. The van der Waals surface area contributed by atoms with Crippen molar-refractivity contribution in [3.63, 3.8) is 0 Å². The molecule has 0 unspecified atom stereocenters. The largest absolute Gasteiger partial charge is 0.449 e. The monoisotopic (exact) mass is 401 g/mol. The molecule has 3 amide bonds. The Bertz CT molecular complexity index is 946. The zero-order valence-corrected chi connectivity index (χ0v) is 16.2. The third-order valence-corrected chi connectivity index (χ3v) is 5.05. The van der Waals surface area contributed by atoms with E-state index in [4.69, 9.17) is 4.74 Å². The number of carbonyl (C=O) groups excluding carboxylic acids is 4. The van der Waals surface area contributed by atoms with Crippen LogP contribution in [-0.2, 0) is 14.3 Å². The van der Waals surface area contributed by atoms with E-state index in [1.54, 1.807) is 31.2 Å². The van der Waals surface area contributed by atoms with Crippen LogP contribution >= 0.6 is 11.8 Å². The molecule has 1 aromatic heterocycles. The fourth-order valence-electron chi connectivity index (χ4n) is 2.79. The van der Waals surface area contributed by atoms with E-state index in [-0.39, 0.29) is 30.0 Å². The molecule has 9 heteroatoms. The summed E-state index contributed by atoms with van der Waals surface area (Å²) in [5.74, 6) is -1.27. The molecule has 146 valence electrons. The second-order valence-corrected chi connectivity index (χ2v) is 7.19. The fraction of sp³-hybridized carbons (Fsp3) is 0.316. The van der Waals surface area contributed by atoms with Crippen molar-refractivity contribution >= 4 is 45.7 Å². The fourth-order valence-corrected chi connectivity index (χ4v) is 3.54. The molecule has 0 saturated carbocycles. The molecule has 3 rings (SSSR count). The number of aryl methyl sites for hydroxylation is 1. The number of ether oxygens (including phenoxy) is 1. The molecular weight excluding hydrogens is 382 g/mol. The SMILES string of the molecule is Cc1cc(C(=O)O[C@H](C)C(=O)NCCN2C(=O)CSC2=O)c2ccccc2n1. The Morgan fingerprint density at radius 1 is 1.32 bits per heavy atom. The highest BCUT2D eigenvalue weighted by molar-refractivity contribution is 8.14. The Labute approximate surface area is 165 Å². The first-order valence-electron chi connectivity index (χ1n) is 8.69. The predicted molar refractivity (Wildman–Crippen MR) is 104 cm³/mol. The summed E-state index contributed by atoms with van der Waals surface area (Å²) < 4.78 is 5.30. The van der Waals surface area contributed by atoms with E-state index < -0.39 is 18.0 Å². The molecule has 8 nitrogen and oxygen atoms in total. The van der Waals surface area contributed by atoms with Crippen molar-refractivity contribution in [2.45, 2.75) is 20.0 Å². The third-order valence-electron chi connectivity index (χ3n) is 4.19. The topological polar surface area (TPSA) is 106 Å². The number of nitrogens with zero attached hydrogens (tertiary/aromatic N) is 2. The Balaban J connectivity index is 1.59. The normalized spacial score (nSPS) is 15.0. The van der Waals surface area contributed by atoms with Crippen molar-refractivity contribution < 1.29 is 23.9 Å². The summed E-state index contributed by atoms with van der Waals surface area (Å²) in [4.78, 5) is 53.3. The lowest BCUT2D eigenvalue weighted by molar-refractivity contribution is -0.130. The number of carbonyl (C=O) groups is 4. The molecule has 1 aliphatic rings. The van der Waals surface area contributed by atoms with Crippen molar-refractivity contribution in [3.05, 3.63) is 41.6 Å². The van der Waals surface area contributed by atoms with Crippen molar-refractivity contribution in [1.29, 1.82) is 0 Å². The Hall–Kier alpha value is -2.94. The molecule has 0 aliphatic carbocycles. The van der Waals surface area contributed by atoms with E-state index in [2.05, 4.69) is 10.3 Å². The lowest BCUT2D eigenvalue weighted by Crippen LogP contribution is -2.41. The van der Waals surface area contributed by atoms with Gasteiger partial charge >= 0.3 is 5.97 Å². The standard InChI is InChI=1S/C19H19N3O5S/c1-11-9-14(13-5-3-4-6-15(13)21-11)18(25)27-12(2)17(24)20-7-8-22-16(23)10-28-19(22)26/h3-6,9,12H,7-8,10H2,1-2H3,(H,20,24)/t12-/m1/s1. The Kier molecular flexibility index (Phi) is 5.93. The van der Waals surface area contributed by atoms with Gasteiger partial charge in [0.1, 0.15) is 0 Å². The maximum atomic E-state index is 12.6. The molecule has 1 N–H and O–H groups in total. The van der Waals surface area contributed by atoms with Crippen LogP contribution in [0.4, 0.5) is 4.79 Å². The second kappa shape index (κ2) is 8.39. The highest BCUT2D eigenvalue weighted by atomic mass is 32.2. The lowest BCUT2D eigenvalue weighted by atomic mass is 10.1. The van der Waals surface area contributed by atoms with Crippen molar-refractivity contribution in [2.75, 3.05) is 18.8 Å². The number of benzene rings is 1. The maximum Gasteiger partial charge on any atom is 0.339 e. The first kappa shape index (κ1) is 19.8. The van der Waals surface area contributed by atoms with E-state index >= 15 is 0 Å². The van der Waals surface area contributed by atoms with E-state index in [0.717, 1.165) is 16.7 Å². The number of amides is 3. The molecule has 2 aromatic rings. The van der Waals surface area contributed by atoms with Crippen LogP contribution < -0.4 is 5.32 Å². The smallest absolute Gasteiger partial charge is 0.339 e. The lowest BCUT2D eigenvalue weighted by Gasteiger charge is -2.16. The van der Waals surface area contributed by atoms with Gasteiger partial charge in [0.2, 0.25) is 5.91 Å². The van der Waals surface area contributed by atoms with Crippen LogP contribution in [0.2, 0.25) is 0 Å². The van der Waals surface area contributed by atoms with Gasteiger partial charge in [-0.3, -0.25) is 24.3 Å². The molecule has 0 bridgehead atoms. The number of hydrogen-bond acceptors (Lipinski definition) is 7. The molecule has 2 heterocycles. The van der Waals surface area contributed by atoms with Gasteiger partial charge in [-0.1, -0.05) is 30.0 Å². The first-order chi connectivity index (χ1) is 13.4. The zero-order chi connectivity index (χ0) is 20.3. The average molecular weight is 401 g/mol. The highest BCUT2D eigenvalue weighted by Gasteiger charge is 2.29. The van der Waals surface area contributed by atoms with Crippen molar-refractivity contribution in [1.82, 2.24) is 15.2 Å². The van der Waals surface area contributed by atoms with Gasteiger partial charge in [-0.25, -0.2) is 4.79 Å². The predicted octanol–water partition coefficient (Wildman–Crippen LogP) is 1.90. The summed E-state index contributed by atoms with van der Waals surface area (Å²) in [6.45, 7) is 3.42. The number of fused-ring (bicyclic) bond motifs is 1. The molecule has 1 aromatic carbocycles. The number of esters is 1. The van der Waals surface area contributed by atoms with Gasteiger partial charge in [0, 0.05) is 24.2 Å². The van der Waals surface area contributed by atoms with E-state index in [1.165, 1.54) is 6.92 Å². The molecular formula is C19H19N3O5S. The van der Waals surface area contributed by atoms with Crippen LogP contribution in [-0.4, -0.2) is 57.9 Å². The van der Waals surface area contributed by atoms with Crippen LogP contribution in [0.1, 0.15) is 23.0 Å². The summed E-state index contributed by atoms with van der Waals surface area (Å²) in [6.07, 6.45) is -1.03. The minimum absolute atomic E-state index is 0.0886. The average Bonchev–Trinajstić information content (AvgIpc) is 2.99. The number of para-hydroxylation sites is 1. The summed E-state index contributed by atoms with van der Waals surface area (Å²) in [5, 5.41) is 2.90. The molecule has 0 radical (unpaired) electrons. The van der Waals surface area contributed by atoms with Gasteiger partial charge in [-0.15, -0.1) is 0 Å². The number of nitrogens with one attached hydrogen (secondary N) is 1. The van der Waals surface area contributed by atoms with Gasteiger partial charge in [-0.2, -0.15) is 0 Å². The molecule has 1 aliphatic heterocycles. The van der Waals surface area contributed by atoms with Crippen LogP contribution in [0.3, 0.4) is 0 Å². The molecule has 1 saturated heterocycles. The second-order valence-electron chi connectivity index (χ2n) is 6.27. The summed E-state index contributed by atoms with van der Waals surface area (Å²) in [6, 6.07) is 8.82. The number of hydrogen-bond donors (Lipinski definition) is 1. The van der Waals surface area contributed by atoms with E-state index in [9.17, 15) is 19.2 Å². The van der Waals surface area contributed by atoms with Gasteiger partial charge in [0.15, 0.2) is 6.10 Å². The summed E-state index contributed by atoms with van der Waals surface area (Å²) in [7, 11) is 0. The summed E-state index contributed by atoms with van der Waals surface area (Å²) in [5.41, 5.74) is 1.68. The van der Waals surface area contributed by atoms with Crippen LogP contribution in [0.25, 0.3) is 10.9 Å². The Morgan fingerprint density at radius 2 is 2.07 bits per heavy atom. The van der Waals surface area contributed by atoms with Gasteiger partial charge in [0.05, 0.1) is 16.8 Å². The molecule has 0 spiro atoms. The quantitative estimate of drug-likeness (QED) is 0.737. The highest BCUT2D eigenvalue weighted by Crippen LogP contribution is 2.20. The third kappa shape index (κ3) is 4.30. The van der Waals surface area contributed by atoms with E-state index in [0.29, 0.717) is 22.2 Å². The number of imide groups is 1. The van der Waals surface area contributed by atoms with Gasteiger partial charge in [0.25, 0.3) is 11.1 Å². The molecule has 1 atom stereocenters. The Morgan fingerprint density at radius 3 is 2.79 bits per heavy atom. The van der Waals surface area contributed by atoms with Crippen LogP contribution in [0, 0.1) is 6.92 Å². The minimum atomic E-state index is -1.03. The van der Waals surface area contributed by atoms with Crippen molar-refractivity contribution in [3.8, 4) is 0 Å². The number of aromatic nitrogens is 1. The van der Waals surface area contributed by atoms with Crippen molar-refractivity contribution in [2.24, 2.45) is 0 Å². The van der Waals surface area contributed by atoms with Crippen LogP contribution in [0.15, 0.2) is 30.3 Å². The van der Waals surface area contributed by atoms with Gasteiger partial charge < -0.3 is 10.1 Å².